The van der Waals surface area contributed by atoms with Crippen LogP contribution in [-0.4, -0.2) is 9.55 Å². The van der Waals surface area contributed by atoms with Gasteiger partial charge >= 0.3 is 0 Å². The summed E-state index contributed by atoms with van der Waals surface area (Å²) in [5.74, 6) is 0.935. The number of hydrogen-bond acceptors (Lipinski definition) is 2. The Morgan fingerprint density at radius 1 is 1.33 bits per heavy atom. The van der Waals surface area contributed by atoms with E-state index in [1.165, 1.54) is 11.1 Å². The van der Waals surface area contributed by atoms with Crippen LogP contribution in [0.2, 0.25) is 0 Å². The van der Waals surface area contributed by atoms with E-state index in [0.717, 1.165) is 11.3 Å². The molecule has 1 aromatic carbocycles. The van der Waals surface area contributed by atoms with Gasteiger partial charge in [-0.15, -0.1) is 24.8 Å². The van der Waals surface area contributed by atoms with Crippen LogP contribution >= 0.6 is 24.8 Å². The highest BCUT2D eigenvalue weighted by Crippen LogP contribution is 2.18. The molecule has 0 saturated heterocycles. The van der Waals surface area contributed by atoms with Gasteiger partial charge in [-0.2, -0.15) is 0 Å². The fourth-order valence-corrected chi connectivity index (χ4v) is 1.70. The smallest absolute Gasteiger partial charge is 0.123 e. The van der Waals surface area contributed by atoms with Crippen LogP contribution in [0.5, 0.6) is 0 Å². The topological polar surface area (TPSA) is 43.8 Å². The summed E-state index contributed by atoms with van der Waals surface area (Å²) >= 11 is 0. The van der Waals surface area contributed by atoms with Crippen molar-refractivity contribution in [2.45, 2.75) is 13.5 Å². The first-order valence-electron chi connectivity index (χ1n) is 4.35. The van der Waals surface area contributed by atoms with Crippen molar-refractivity contribution in [3.8, 4) is 0 Å². The lowest BCUT2D eigenvalue weighted by Crippen LogP contribution is -2.04. The summed E-state index contributed by atoms with van der Waals surface area (Å²) in [6.45, 7) is 2.58. The van der Waals surface area contributed by atoms with Gasteiger partial charge in [0.15, 0.2) is 0 Å². The van der Waals surface area contributed by atoms with Gasteiger partial charge in [-0.3, -0.25) is 0 Å². The van der Waals surface area contributed by atoms with Gasteiger partial charge in [-0.1, -0.05) is 12.1 Å². The highest BCUT2D eigenvalue weighted by atomic mass is 35.5. The Morgan fingerprint density at radius 2 is 2.00 bits per heavy atom. The zero-order chi connectivity index (χ0) is 9.42. The first-order valence-corrected chi connectivity index (χ1v) is 4.35. The Kier molecular flexibility index (Phi) is 5.08. The van der Waals surface area contributed by atoms with Crippen molar-refractivity contribution in [3.05, 3.63) is 29.6 Å². The largest absolute Gasteiger partial charge is 0.330 e. The Balaban J connectivity index is 0.000000980. The van der Waals surface area contributed by atoms with Gasteiger partial charge in [-0.25, -0.2) is 4.98 Å². The zero-order valence-corrected chi connectivity index (χ0v) is 10.4. The molecule has 1 heterocycles. The predicted octanol–water partition coefficient (Wildman–Crippen LogP) is 2.18. The molecule has 0 aliphatic carbocycles. The third-order valence-electron chi connectivity index (χ3n) is 2.37. The number of benzene rings is 1. The number of rotatable bonds is 1. The molecule has 0 bridgehead atoms. The number of aromatic nitrogens is 2. The average molecular weight is 248 g/mol. The summed E-state index contributed by atoms with van der Waals surface area (Å²) in [7, 11) is 2.00. The minimum atomic E-state index is 0. The van der Waals surface area contributed by atoms with Crippen LogP contribution < -0.4 is 5.73 Å². The molecule has 0 saturated carbocycles. The molecule has 0 aliphatic heterocycles. The van der Waals surface area contributed by atoms with Gasteiger partial charge < -0.3 is 10.3 Å². The SMILES string of the molecule is Cc1cccc2nc(CN)n(C)c12.Cl.Cl. The summed E-state index contributed by atoms with van der Waals surface area (Å²) in [6.07, 6.45) is 0. The molecular weight excluding hydrogens is 233 g/mol. The second-order valence-corrected chi connectivity index (χ2v) is 3.23. The average Bonchev–Trinajstić information content (AvgIpc) is 2.44. The number of nitrogens with zero attached hydrogens (tertiary/aromatic N) is 2. The summed E-state index contributed by atoms with van der Waals surface area (Å²) in [5, 5.41) is 0. The Bertz CT molecular complexity index is 451. The Morgan fingerprint density at radius 3 is 2.53 bits per heavy atom. The first kappa shape index (κ1) is 14.2. The molecule has 2 rings (SSSR count). The molecule has 5 heteroatoms. The van der Waals surface area contributed by atoms with Gasteiger partial charge in [-0.05, 0) is 18.6 Å². The molecule has 3 nitrogen and oxygen atoms in total. The second-order valence-electron chi connectivity index (χ2n) is 3.23. The molecule has 15 heavy (non-hydrogen) atoms. The van der Waals surface area contributed by atoms with Crippen LogP contribution in [0, 0.1) is 6.92 Å². The number of fused-ring (bicyclic) bond motifs is 1. The van der Waals surface area contributed by atoms with Crippen molar-refractivity contribution in [2.24, 2.45) is 12.8 Å². The quantitative estimate of drug-likeness (QED) is 0.840. The Labute approximate surface area is 101 Å². The van der Waals surface area contributed by atoms with Crippen molar-refractivity contribution in [2.75, 3.05) is 0 Å². The maximum absolute atomic E-state index is 5.58. The van der Waals surface area contributed by atoms with Gasteiger partial charge in [0.2, 0.25) is 0 Å². The monoisotopic (exact) mass is 247 g/mol. The van der Waals surface area contributed by atoms with Crippen LogP contribution in [0.3, 0.4) is 0 Å². The van der Waals surface area contributed by atoms with E-state index in [9.17, 15) is 0 Å². The molecular formula is C10H15Cl2N3. The Hall–Kier alpha value is -0.770. The lowest BCUT2D eigenvalue weighted by molar-refractivity contribution is 0.811. The molecule has 0 radical (unpaired) electrons. The van der Waals surface area contributed by atoms with Gasteiger partial charge in [0, 0.05) is 7.05 Å². The van der Waals surface area contributed by atoms with E-state index in [4.69, 9.17) is 5.73 Å². The van der Waals surface area contributed by atoms with Crippen LogP contribution in [-0.2, 0) is 13.6 Å². The number of imidazole rings is 1. The van der Waals surface area contributed by atoms with Crippen molar-refractivity contribution in [1.82, 2.24) is 9.55 Å². The summed E-state index contributed by atoms with van der Waals surface area (Å²) in [6, 6.07) is 6.12. The molecule has 84 valence electrons. The third-order valence-corrected chi connectivity index (χ3v) is 2.37. The predicted molar refractivity (Wildman–Crippen MR) is 67.8 cm³/mol. The fraction of sp³-hybridized carbons (Fsp3) is 0.300. The van der Waals surface area contributed by atoms with Crippen molar-refractivity contribution >= 4 is 35.8 Å². The second kappa shape index (κ2) is 5.35. The van der Waals surface area contributed by atoms with Crippen LogP contribution in [0.25, 0.3) is 11.0 Å². The number of nitrogens with two attached hydrogens (primary N) is 1. The molecule has 2 N–H and O–H groups in total. The van der Waals surface area contributed by atoms with E-state index in [-0.39, 0.29) is 24.8 Å². The van der Waals surface area contributed by atoms with E-state index >= 15 is 0 Å². The number of para-hydroxylation sites is 1. The molecule has 0 spiro atoms. The first-order chi connectivity index (χ1) is 6.24. The lowest BCUT2D eigenvalue weighted by atomic mass is 10.2. The molecule has 0 unspecified atom stereocenters. The third kappa shape index (κ3) is 2.25. The maximum Gasteiger partial charge on any atom is 0.123 e. The molecule has 2 aromatic rings. The minimum Gasteiger partial charge on any atom is -0.330 e. The zero-order valence-electron chi connectivity index (χ0n) is 8.73. The summed E-state index contributed by atoms with van der Waals surface area (Å²) in [4.78, 5) is 4.43. The van der Waals surface area contributed by atoms with Crippen LogP contribution in [0.15, 0.2) is 18.2 Å². The van der Waals surface area contributed by atoms with Gasteiger partial charge in [0.05, 0.1) is 17.6 Å². The number of hydrogen-bond donors (Lipinski definition) is 1. The maximum atomic E-state index is 5.58. The van der Waals surface area contributed by atoms with Crippen LogP contribution in [0.1, 0.15) is 11.4 Å². The highest BCUT2D eigenvalue weighted by Gasteiger charge is 2.06. The normalized spacial score (nSPS) is 9.53. The van der Waals surface area contributed by atoms with Gasteiger partial charge in [0.1, 0.15) is 5.82 Å². The van der Waals surface area contributed by atoms with E-state index in [1.807, 2.05) is 19.2 Å². The minimum absolute atomic E-state index is 0. The number of aryl methyl sites for hydroxylation is 2. The van der Waals surface area contributed by atoms with E-state index in [2.05, 4.69) is 22.5 Å². The standard InChI is InChI=1S/C10H13N3.2ClH/c1-7-4-3-5-8-10(7)13(2)9(6-11)12-8;;/h3-5H,6,11H2,1-2H3;2*1H. The van der Waals surface area contributed by atoms with Crippen molar-refractivity contribution in [1.29, 1.82) is 0 Å². The van der Waals surface area contributed by atoms with Crippen LogP contribution in [0.4, 0.5) is 0 Å². The van der Waals surface area contributed by atoms with E-state index in [1.54, 1.807) is 0 Å². The van der Waals surface area contributed by atoms with Crippen molar-refractivity contribution < 1.29 is 0 Å². The number of halogens is 2. The van der Waals surface area contributed by atoms with E-state index < -0.39 is 0 Å². The molecule has 0 amide bonds. The fourth-order valence-electron chi connectivity index (χ4n) is 1.70. The lowest BCUT2D eigenvalue weighted by Gasteiger charge is -2.00. The molecule has 0 fully saturated rings. The molecule has 0 atom stereocenters. The molecule has 1 aromatic heterocycles. The van der Waals surface area contributed by atoms with E-state index in [0.29, 0.717) is 6.54 Å². The van der Waals surface area contributed by atoms with Crippen molar-refractivity contribution in [3.63, 3.8) is 0 Å². The van der Waals surface area contributed by atoms with Gasteiger partial charge in [0.25, 0.3) is 0 Å². The summed E-state index contributed by atoms with van der Waals surface area (Å²) in [5.41, 5.74) is 9.04. The molecule has 0 aliphatic rings. The highest BCUT2D eigenvalue weighted by molar-refractivity contribution is 5.85. The summed E-state index contributed by atoms with van der Waals surface area (Å²) < 4.78 is 2.06.